The van der Waals surface area contributed by atoms with Crippen LogP contribution in [0.3, 0.4) is 0 Å². The van der Waals surface area contributed by atoms with Gasteiger partial charge in [-0.2, -0.15) is 9.49 Å². The van der Waals surface area contributed by atoms with Crippen LogP contribution in [0.2, 0.25) is 0 Å². The molecule has 0 aliphatic rings. The van der Waals surface area contributed by atoms with Crippen LogP contribution in [0.5, 0.6) is 0 Å². The zero-order valence-corrected chi connectivity index (χ0v) is 18.4. The molecule has 1 atom stereocenters. The van der Waals surface area contributed by atoms with Gasteiger partial charge in [0.1, 0.15) is 11.7 Å². The molecule has 0 saturated heterocycles. The second kappa shape index (κ2) is 9.55. The highest BCUT2D eigenvalue weighted by Crippen LogP contribution is 2.29. The van der Waals surface area contributed by atoms with E-state index >= 15 is 0 Å². The lowest BCUT2D eigenvalue weighted by molar-refractivity contribution is 0.0699. The standard InChI is InChI=1S/C24H27FN4O2/c1-6-15(2)31-28-16(3)18-11-13-19(14-12-18)20-9-7-8-10-21(20)26-24(30)22-17(4)27-29(5)23(22)25/h7-15H,6H2,1-5H3,(H,26,30)/b28-16-/t15-/m1/s1. The van der Waals surface area contributed by atoms with Gasteiger partial charge in [-0.3, -0.25) is 4.79 Å². The molecule has 1 N–H and O–H groups in total. The minimum Gasteiger partial charge on any atom is -0.393 e. The second-order valence-electron chi connectivity index (χ2n) is 7.45. The molecule has 0 unspecified atom stereocenters. The normalized spacial score (nSPS) is 12.5. The van der Waals surface area contributed by atoms with Crippen molar-refractivity contribution >= 4 is 17.3 Å². The molecule has 0 saturated carbocycles. The van der Waals surface area contributed by atoms with E-state index in [-0.39, 0.29) is 11.7 Å². The zero-order chi connectivity index (χ0) is 22.5. The number of oxime groups is 1. The number of nitrogens with zero attached hydrogens (tertiary/aromatic N) is 3. The molecule has 1 amide bonds. The number of halogens is 1. The molecule has 3 rings (SSSR count). The van der Waals surface area contributed by atoms with Gasteiger partial charge >= 0.3 is 0 Å². The third-order valence-corrected chi connectivity index (χ3v) is 5.11. The Balaban J connectivity index is 1.84. The maximum Gasteiger partial charge on any atom is 0.262 e. The van der Waals surface area contributed by atoms with Gasteiger partial charge < -0.3 is 10.2 Å². The van der Waals surface area contributed by atoms with Crippen molar-refractivity contribution in [1.29, 1.82) is 0 Å². The number of nitrogens with one attached hydrogen (secondary N) is 1. The molecule has 1 heterocycles. The Bertz CT molecular complexity index is 1100. The van der Waals surface area contributed by atoms with Crippen LogP contribution in [0.4, 0.5) is 10.1 Å². The van der Waals surface area contributed by atoms with Gasteiger partial charge in [0.25, 0.3) is 5.91 Å². The van der Waals surface area contributed by atoms with E-state index in [9.17, 15) is 9.18 Å². The van der Waals surface area contributed by atoms with E-state index < -0.39 is 11.9 Å². The molecular weight excluding hydrogens is 395 g/mol. The average Bonchev–Trinajstić information content (AvgIpc) is 3.03. The van der Waals surface area contributed by atoms with Crippen molar-refractivity contribution in [2.45, 2.75) is 40.2 Å². The third-order valence-electron chi connectivity index (χ3n) is 5.11. The zero-order valence-electron chi connectivity index (χ0n) is 18.4. The van der Waals surface area contributed by atoms with Crippen molar-refractivity contribution in [3.05, 3.63) is 71.3 Å². The minimum absolute atomic E-state index is 0.0548. The second-order valence-corrected chi connectivity index (χ2v) is 7.45. The van der Waals surface area contributed by atoms with Crippen LogP contribution in [-0.2, 0) is 11.9 Å². The van der Waals surface area contributed by atoms with E-state index in [1.165, 1.54) is 7.05 Å². The molecule has 0 radical (unpaired) electrons. The summed E-state index contributed by atoms with van der Waals surface area (Å²) in [6, 6.07) is 15.2. The summed E-state index contributed by atoms with van der Waals surface area (Å²) in [5.74, 6) is -1.19. The lowest BCUT2D eigenvalue weighted by Gasteiger charge is -2.12. The fraction of sp³-hybridized carbons (Fsp3) is 0.292. The predicted molar refractivity (Wildman–Crippen MR) is 121 cm³/mol. The van der Waals surface area contributed by atoms with Crippen molar-refractivity contribution in [3.63, 3.8) is 0 Å². The van der Waals surface area contributed by atoms with E-state index in [1.807, 2.05) is 63.2 Å². The molecule has 31 heavy (non-hydrogen) atoms. The maximum atomic E-state index is 14.3. The van der Waals surface area contributed by atoms with Crippen molar-refractivity contribution < 1.29 is 14.0 Å². The monoisotopic (exact) mass is 422 g/mol. The summed E-state index contributed by atoms with van der Waals surface area (Å²) in [5.41, 5.74) is 4.36. The SMILES string of the molecule is CC[C@@H](C)O/N=C(/C)c1ccc(-c2ccccc2NC(=O)c2c(C)nn(C)c2F)cc1. The highest BCUT2D eigenvalue weighted by atomic mass is 19.1. The number of hydrogen-bond acceptors (Lipinski definition) is 4. The van der Waals surface area contributed by atoms with Crippen LogP contribution in [0, 0.1) is 12.9 Å². The Morgan fingerprint density at radius 1 is 1.23 bits per heavy atom. The first kappa shape index (κ1) is 22.2. The van der Waals surface area contributed by atoms with Crippen LogP contribution in [0.25, 0.3) is 11.1 Å². The van der Waals surface area contributed by atoms with E-state index in [1.54, 1.807) is 13.0 Å². The molecule has 0 bridgehead atoms. The molecule has 0 aliphatic carbocycles. The van der Waals surface area contributed by atoms with Crippen LogP contribution in [0.15, 0.2) is 53.7 Å². The number of carbonyl (C=O) groups excluding carboxylic acids is 1. The van der Waals surface area contributed by atoms with Crippen LogP contribution in [-0.4, -0.2) is 27.5 Å². The highest BCUT2D eigenvalue weighted by molar-refractivity contribution is 6.07. The number of hydrogen-bond donors (Lipinski definition) is 1. The number of aromatic nitrogens is 2. The number of anilines is 1. The summed E-state index contributed by atoms with van der Waals surface area (Å²) < 4.78 is 15.3. The van der Waals surface area contributed by atoms with Crippen LogP contribution in [0.1, 0.15) is 48.8 Å². The fourth-order valence-corrected chi connectivity index (χ4v) is 3.10. The smallest absolute Gasteiger partial charge is 0.262 e. The van der Waals surface area contributed by atoms with Gasteiger partial charge in [-0.15, -0.1) is 0 Å². The summed E-state index contributed by atoms with van der Waals surface area (Å²) in [4.78, 5) is 18.2. The fourth-order valence-electron chi connectivity index (χ4n) is 3.10. The molecule has 2 aromatic carbocycles. The highest BCUT2D eigenvalue weighted by Gasteiger charge is 2.21. The first-order valence-corrected chi connectivity index (χ1v) is 10.2. The molecule has 7 heteroatoms. The van der Waals surface area contributed by atoms with Gasteiger partial charge in [0.2, 0.25) is 5.95 Å². The van der Waals surface area contributed by atoms with Crippen molar-refractivity contribution in [2.75, 3.05) is 5.32 Å². The molecule has 0 spiro atoms. The maximum absolute atomic E-state index is 14.3. The van der Waals surface area contributed by atoms with E-state index in [2.05, 4.69) is 15.6 Å². The number of amides is 1. The molecule has 0 aliphatic heterocycles. The third kappa shape index (κ3) is 4.99. The van der Waals surface area contributed by atoms with E-state index in [4.69, 9.17) is 4.84 Å². The first-order chi connectivity index (χ1) is 14.8. The van der Waals surface area contributed by atoms with Crippen molar-refractivity contribution in [2.24, 2.45) is 12.2 Å². The van der Waals surface area contributed by atoms with Crippen molar-refractivity contribution in [3.8, 4) is 11.1 Å². The Labute approximate surface area is 181 Å². The molecule has 1 aromatic heterocycles. The topological polar surface area (TPSA) is 68.5 Å². The summed E-state index contributed by atoms with van der Waals surface area (Å²) in [6.07, 6.45) is 0.957. The van der Waals surface area contributed by atoms with Gasteiger partial charge in [0.15, 0.2) is 0 Å². The number of para-hydroxylation sites is 1. The van der Waals surface area contributed by atoms with Crippen LogP contribution >= 0.6 is 0 Å². The molecule has 3 aromatic rings. The molecular formula is C24H27FN4O2. The molecule has 0 fully saturated rings. The van der Waals surface area contributed by atoms with Gasteiger partial charge in [0, 0.05) is 18.3 Å². The number of aryl methyl sites for hydroxylation is 2. The summed E-state index contributed by atoms with van der Waals surface area (Å²) in [7, 11) is 1.47. The predicted octanol–water partition coefficient (Wildman–Crippen LogP) is 5.33. The summed E-state index contributed by atoms with van der Waals surface area (Å²) >= 11 is 0. The van der Waals surface area contributed by atoms with Gasteiger partial charge in [-0.05, 0) is 44.4 Å². The molecule has 162 valence electrons. The lowest BCUT2D eigenvalue weighted by Crippen LogP contribution is -2.15. The van der Waals surface area contributed by atoms with Gasteiger partial charge in [-0.25, -0.2) is 4.68 Å². The summed E-state index contributed by atoms with van der Waals surface area (Å²) in [6.45, 7) is 7.53. The Morgan fingerprint density at radius 2 is 1.90 bits per heavy atom. The Kier molecular flexibility index (Phi) is 6.84. The number of rotatable bonds is 7. The van der Waals surface area contributed by atoms with E-state index in [0.29, 0.717) is 11.4 Å². The molecule has 6 nitrogen and oxygen atoms in total. The quantitative estimate of drug-likeness (QED) is 0.414. The number of benzene rings is 2. The first-order valence-electron chi connectivity index (χ1n) is 10.2. The lowest BCUT2D eigenvalue weighted by atomic mass is 10.0. The minimum atomic E-state index is -0.661. The van der Waals surface area contributed by atoms with Gasteiger partial charge in [0.05, 0.1) is 11.4 Å². The van der Waals surface area contributed by atoms with Crippen LogP contribution < -0.4 is 5.32 Å². The summed E-state index contributed by atoms with van der Waals surface area (Å²) in [5, 5.41) is 11.0. The Hall–Kier alpha value is -3.48. The largest absolute Gasteiger partial charge is 0.393 e. The van der Waals surface area contributed by atoms with E-state index in [0.717, 1.165) is 33.5 Å². The average molecular weight is 423 g/mol. The Morgan fingerprint density at radius 3 is 2.52 bits per heavy atom. The number of carbonyl (C=O) groups is 1. The van der Waals surface area contributed by atoms with Gasteiger partial charge in [-0.1, -0.05) is 54.5 Å². The van der Waals surface area contributed by atoms with Crippen molar-refractivity contribution in [1.82, 2.24) is 9.78 Å².